The molecule has 1 aliphatic rings. The molecule has 5 nitrogen and oxygen atoms in total. The molecule has 0 spiro atoms. The van der Waals surface area contributed by atoms with Crippen LogP contribution >= 0.6 is 0 Å². The maximum Gasteiger partial charge on any atom is 0.349 e. The second-order valence-electron chi connectivity index (χ2n) is 9.40. The van der Waals surface area contributed by atoms with Crippen molar-refractivity contribution in [1.29, 1.82) is 0 Å². The first kappa shape index (κ1) is 25.1. The summed E-state index contributed by atoms with van der Waals surface area (Å²) in [6.45, 7) is 12.5. The van der Waals surface area contributed by atoms with E-state index in [1.165, 1.54) is 11.1 Å². The van der Waals surface area contributed by atoms with Gasteiger partial charge in [0, 0.05) is 7.11 Å². The number of carbonyl (C=O) groups excluding carboxylic acids is 1. The van der Waals surface area contributed by atoms with Crippen LogP contribution in [0.25, 0.3) is 0 Å². The molecule has 1 aliphatic carbocycles. The minimum absolute atomic E-state index is 0.0505. The highest BCUT2D eigenvalue weighted by atomic mass is 16.6. The second-order valence-corrected chi connectivity index (χ2v) is 9.40. The van der Waals surface area contributed by atoms with E-state index in [-0.39, 0.29) is 12.1 Å². The summed E-state index contributed by atoms with van der Waals surface area (Å²) in [5, 5.41) is 0. The normalized spacial score (nSPS) is 18.5. The molecule has 1 saturated carbocycles. The molecular formula is C28H38O5. The van der Waals surface area contributed by atoms with E-state index >= 15 is 0 Å². The van der Waals surface area contributed by atoms with Crippen LogP contribution in [0.5, 0.6) is 11.5 Å². The van der Waals surface area contributed by atoms with E-state index < -0.39 is 5.60 Å². The lowest BCUT2D eigenvalue weighted by molar-refractivity contribution is -0.158. The Labute approximate surface area is 198 Å². The molecule has 1 fully saturated rings. The van der Waals surface area contributed by atoms with E-state index in [4.69, 9.17) is 18.9 Å². The van der Waals surface area contributed by atoms with Crippen molar-refractivity contribution in [3.8, 4) is 11.5 Å². The molecule has 0 heterocycles. The summed E-state index contributed by atoms with van der Waals surface area (Å²) >= 11 is 0. The number of rotatable bonds is 11. The van der Waals surface area contributed by atoms with E-state index in [2.05, 4.69) is 31.2 Å². The third kappa shape index (κ3) is 5.89. The number of aryl methyl sites for hydroxylation is 2. The second kappa shape index (κ2) is 10.6. The topological polar surface area (TPSA) is 54.0 Å². The van der Waals surface area contributed by atoms with Crippen molar-refractivity contribution in [2.45, 2.75) is 72.0 Å². The van der Waals surface area contributed by atoms with E-state index in [0.29, 0.717) is 18.4 Å². The summed E-state index contributed by atoms with van der Waals surface area (Å²) in [5.74, 6) is 2.16. The summed E-state index contributed by atoms with van der Waals surface area (Å²) in [6.07, 6.45) is 2.13. The maximum atomic E-state index is 12.3. The molecule has 3 rings (SSSR count). The molecular weight excluding hydrogens is 416 g/mol. The number of esters is 1. The number of ether oxygens (including phenoxy) is 4. The van der Waals surface area contributed by atoms with Crippen LogP contribution < -0.4 is 9.47 Å². The molecule has 180 valence electrons. The van der Waals surface area contributed by atoms with Gasteiger partial charge in [0.05, 0.1) is 19.3 Å². The lowest BCUT2D eigenvalue weighted by atomic mass is 9.97. The van der Waals surface area contributed by atoms with Gasteiger partial charge in [0.2, 0.25) is 0 Å². The van der Waals surface area contributed by atoms with Crippen LogP contribution in [0.2, 0.25) is 0 Å². The Morgan fingerprint density at radius 2 is 1.73 bits per heavy atom. The Morgan fingerprint density at radius 1 is 1.09 bits per heavy atom. The Kier molecular flexibility index (Phi) is 8.06. The Balaban J connectivity index is 1.73. The average molecular weight is 455 g/mol. The monoisotopic (exact) mass is 454 g/mol. The third-order valence-electron chi connectivity index (χ3n) is 6.20. The Morgan fingerprint density at radius 3 is 2.27 bits per heavy atom. The average Bonchev–Trinajstić information content (AvgIpc) is 3.57. The van der Waals surface area contributed by atoms with Crippen molar-refractivity contribution in [3.63, 3.8) is 0 Å². The molecule has 5 heteroatoms. The van der Waals surface area contributed by atoms with Gasteiger partial charge in [-0.05, 0) is 93.7 Å². The molecule has 2 aromatic rings. The van der Waals surface area contributed by atoms with Gasteiger partial charge in [0.15, 0.2) is 5.60 Å². The van der Waals surface area contributed by atoms with Gasteiger partial charge < -0.3 is 18.9 Å². The SMILES string of the molecule is CCCOc1ccc(C(OC)C2CC2c2cc(C)c(OC(C)(C)C(=O)OCC)c(C)c2)cc1. The maximum absolute atomic E-state index is 12.3. The van der Waals surface area contributed by atoms with Gasteiger partial charge in [-0.15, -0.1) is 0 Å². The van der Waals surface area contributed by atoms with Gasteiger partial charge >= 0.3 is 5.97 Å². The van der Waals surface area contributed by atoms with E-state index in [1.54, 1.807) is 27.9 Å². The molecule has 2 aromatic carbocycles. The highest BCUT2D eigenvalue weighted by Crippen LogP contribution is 2.56. The van der Waals surface area contributed by atoms with Crippen LogP contribution in [0.4, 0.5) is 0 Å². The van der Waals surface area contributed by atoms with Crippen LogP contribution in [-0.2, 0) is 14.3 Å². The van der Waals surface area contributed by atoms with E-state index in [9.17, 15) is 4.79 Å². The van der Waals surface area contributed by atoms with Crippen molar-refractivity contribution < 1.29 is 23.7 Å². The molecule has 3 unspecified atom stereocenters. The first-order chi connectivity index (χ1) is 15.7. The number of benzene rings is 2. The van der Waals surface area contributed by atoms with Gasteiger partial charge in [0.25, 0.3) is 0 Å². The number of hydrogen-bond acceptors (Lipinski definition) is 5. The summed E-state index contributed by atoms with van der Waals surface area (Å²) in [5.41, 5.74) is 3.49. The molecule has 0 N–H and O–H groups in total. The predicted octanol–water partition coefficient (Wildman–Crippen LogP) is 6.30. The van der Waals surface area contributed by atoms with Crippen molar-refractivity contribution >= 4 is 5.97 Å². The van der Waals surface area contributed by atoms with Gasteiger partial charge in [-0.1, -0.05) is 31.2 Å². The van der Waals surface area contributed by atoms with Crippen molar-refractivity contribution in [2.24, 2.45) is 5.92 Å². The standard InChI is InChI=1S/C28H38O5/c1-8-14-32-22-12-10-20(11-13-22)26(30-7)24-17-23(24)21-15-18(3)25(19(4)16-21)33-28(5,6)27(29)31-9-2/h10-13,15-16,23-24,26H,8-9,14,17H2,1-7H3. The smallest absolute Gasteiger partial charge is 0.349 e. The zero-order valence-corrected chi connectivity index (χ0v) is 21.1. The fourth-order valence-corrected chi connectivity index (χ4v) is 4.42. The highest BCUT2D eigenvalue weighted by Gasteiger charge is 2.45. The Bertz CT molecular complexity index is 924. The largest absolute Gasteiger partial charge is 0.494 e. The zero-order valence-electron chi connectivity index (χ0n) is 21.1. The quantitative estimate of drug-likeness (QED) is 0.373. The van der Waals surface area contributed by atoms with Crippen LogP contribution in [0, 0.1) is 19.8 Å². The summed E-state index contributed by atoms with van der Waals surface area (Å²) in [7, 11) is 1.78. The van der Waals surface area contributed by atoms with Gasteiger partial charge in [0.1, 0.15) is 11.5 Å². The lowest BCUT2D eigenvalue weighted by Gasteiger charge is -2.26. The first-order valence-corrected chi connectivity index (χ1v) is 11.9. The third-order valence-corrected chi connectivity index (χ3v) is 6.20. The fraction of sp³-hybridized carbons (Fsp3) is 0.536. The molecule has 0 saturated heterocycles. The summed E-state index contributed by atoms with van der Waals surface area (Å²) < 4.78 is 22.9. The summed E-state index contributed by atoms with van der Waals surface area (Å²) in [4.78, 5) is 12.3. The molecule has 0 bridgehead atoms. The van der Waals surface area contributed by atoms with Crippen LogP contribution in [0.1, 0.15) is 74.8 Å². The molecule has 0 aliphatic heterocycles. The minimum atomic E-state index is -1.04. The van der Waals surface area contributed by atoms with Crippen molar-refractivity contribution in [1.82, 2.24) is 0 Å². The molecule has 3 atom stereocenters. The van der Waals surface area contributed by atoms with E-state index in [1.807, 2.05) is 26.0 Å². The van der Waals surface area contributed by atoms with Crippen molar-refractivity contribution in [3.05, 3.63) is 58.7 Å². The number of methoxy groups -OCH3 is 1. The van der Waals surface area contributed by atoms with Crippen molar-refractivity contribution in [2.75, 3.05) is 20.3 Å². The van der Waals surface area contributed by atoms with Gasteiger partial charge in [-0.25, -0.2) is 4.79 Å². The van der Waals surface area contributed by atoms with Crippen LogP contribution in [-0.4, -0.2) is 31.9 Å². The van der Waals surface area contributed by atoms with Crippen LogP contribution in [0.3, 0.4) is 0 Å². The zero-order chi connectivity index (χ0) is 24.2. The Hall–Kier alpha value is -2.53. The summed E-state index contributed by atoms with van der Waals surface area (Å²) in [6, 6.07) is 12.6. The molecule has 0 radical (unpaired) electrons. The minimum Gasteiger partial charge on any atom is -0.494 e. The molecule has 33 heavy (non-hydrogen) atoms. The number of carbonyl (C=O) groups is 1. The highest BCUT2D eigenvalue weighted by molar-refractivity contribution is 5.79. The molecule has 0 amide bonds. The molecule has 0 aromatic heterocycles. The predicted molar refractivity (Wildman–Crippen MR) is 130 cm³/mol. The lowest BCUT2D eigenvalue weighted by Crippen LogP contribution is -2.40. The first-order valence-electron chi connectivity index (χ1n) is 11.9. The van der Waals surface area contributed by atoms with E-state index in [0.717, 1.165) is 42.1 Å². The van der Waals surface area contributed by atoms with Crippen LogP contribution in [0.15, 0.2) is 36.4 Å². The van der Waals surface area contributed by atoms with Gasteiger partial charge in [-0.3, -0.25) is 0 Å². The number of hydrogen-bond donors (Lipinski definition) is 0. The van der Waals surface area contributed by atoms with Gasteiger partial charge in [-0.2, -0.15) is 0 Å². The fourth-order valence-electron chi connectivity index (χ4n) is 4.42.